The van der Waals surface area contributed by atoms with Crippen LogP contribution in [-0.4, -0.2) is 15.8 Å². The molecule has 0 fully saturated rings. The van der Waals surface area contributed by atoms with Crippen LogP contribution in [0.4, 0.5) is 23.1 Å². The summed E-state index contributed by atoms with van der Waals surface area (Å²) in [6, 6.07) is 18.3. The third kappa shape index (κ3) is 4.22. The van der Waals surface area contributed by atoms with Crippen LogP contribution in [0.5, 0.6) is 0 Å². The number of benzene rings is 2. The standard InChI is InChI=1S/C20H17N5O/c1-13-10-19(23-17-8-6-16(7-9-17)14(2)26)25-20(22-13)24-18-5-3-4-15(11-18)12-21/h3-11H,1-2H3,(H2,22,23,24,25). The van der Waals surface area contributed by atoms with E-state index in [1.165, 1.54) is 6.92 Å². The van der Waals surface area contributed by atoms with Crippen LogP contribution in [0.3, 0.4) is 0 Å². The van der Waals surface area contributed by atoms with Crippen molar-refractivity contribution < 1.29 is 4.79 Å². The number of aromatic nitrogens is 2. The van der Waals surface area contributed by atoms with E-state index in [0.717, 1.165) is 17.1 Å². The van der Waals surface area contributed by atoms with Crippen LogP contribution in [0.2, 0.25) is 0 Å². The first-order valence-electron chi connectivity index (χ1n) is 8.04. The Balaban J connectivity index is 1.81. The molecule has 2 N–H and O–H groups in total. The maximum atomic E-state index is 11.4. The molecular formula is C20H17N5O. The summed E-state index contributed by atoms with van der Waals surface area (Å²) >= 11 is 0. The van der Waals surface area contributed by atoms with Gasteiger partial charge in [-0.1, -0.05) is 6.07 Å². The van der Waals surface area contributed by atoms with Gasteiger partial charge in [0.2, 0.25) is 5.95 Å². The minimum atomic E-state index is 0.0283. The van der Waals surface area contributed by atoms with Gasteiger partial charge in [0.1, 0.15) is 5.82 Å². The van der Waals surface area contributed by atoms with Gasteiger partial charge in [0.05, 0.1) is 11.6 Å². The maximum Gasteiger partial charge on any atom is 0.229 e. The van der Waals surface area contributed by atoms with Crippen LogP contribution < -0.4 is 10.6 Å². The Morgan fingerprint density at radius 2 is 1.77 bits per heavy atom. The van der Waals surface area contributed by atoms with Gasteiger partial charge >= 0.3 is 0 Å². The van der Waals surface area contributed by atoms with E-state index in [2.05, 4.69) is 26.7 Å². The van der Waals surface area contributed by atoms with Crippen molar-refractivity contribution in [3.8, 4) is 6.07 Å². The number of rotatable bonds is 5. The molecule has 3 rings (SSSR count). The predicted octanol–water partition coefficient (Wildman–Crippen LogP) is 4.35. The van der Waals surface area contributed by atoms with Crippen LogP contribution in [-0.2, 0) is 0 Å². The van der Waals surface area contributed by atoms with E-state index in [0.29, 0.717) is 22.9 Å². The largest absolute Gasteiger partial charge is 0.340 e. The van der Waals surface area contributed by atoms with Crippen molar-refractivity contribution in [3.63, 3.8) is 0 Å². The second-order valence-electron chi connectivity index (χ2n) is 5.79. The molecule has 0 radical (unpaired) electrons. The number of hydrogen-bond acceptors (Lipinski definition) is 6. The van der Waals surface area contributed by atoms with Gasteiger partial charge in [0.25, 0.3) is 0 Å². The van der Waals surface area contributed by atoms with Crippen LogP contribution in [0.15, 0.2) is 54.6 Å². The minimum Gasteiger partial charge on any atom is -0.340 e. The molecule has 0 saturated heterocycles. The minimum absolute atomic E-state index is 0.0283. The van der Waals surface area contributed by atoms with Gasteiger partial charge in [-0.05, 0) is 56.3 Å². The molecule has 2 aromatic carbocycles. The summed E-state index contributed by atoms with van der Waals surface area (Å²) in [5.41, 5.74) is 3.58. The average molecular weight is 343 g/mol. The lowest BCUT2D eigenvalue weighted by molar-refractivity contribution is 0.101. The maximum absolute atomic E-state index is 11.4. The van der Waals surface area contributed by atoms with Gasteiger partial charge in [0.15, 0.2) is 5.78 Å². The molecule has 0 aliphatic rings. The summed E-state index contributed by atoms with van der Waals surface area (Å²) in [4.78, 5) is 20.2. The Morgan fingerprint density at radius 1 is 1.00 bits per heavy atom. The summed E-state index contributed by atoms with van der Waals surface area (Å²) < 4.78 is 0. The number of anilines is 4. The summed E-state index contributed by atoms with van der Waals surface area (Å²) in [7, 11) is 0. The van der Waals surface area contributed by atoms with E-state index in [1.54, 1.807) is 30.3 Å². The zero-order valence-corrected chi connectivity index (χ0v) is 14.4. The fourth-order valence-electron chi connectivity index (χ4n) is 2.42. The molecule has 0 saturated carbocycles. The van der Waals surface area contributed by atoms with E-state index in [4.69, 9.17) is 5.26 Å². The molecule has 0 aliphatic carbocycles. The normalized spacial score (nSPS) is 10.0. The molecule has 0 aliphatic heterocycles. The zero-order valence-electron chi connectivity index (χ0n) is 14.4. The SMILES string of the molecule is CC(=O)c1ccc(Nc2cc(C)nc(Nc3cccc(C#N)c3)n2)cc1. The number of ketones is 1. The Morgan fingerprint density at radius 3 is 2.46 bits per heavy atom. The van der Waals surface area contributed by atoms with Gasteiger partial charge in [-0.2, -0.15) is 10.2 Å². The van der Waals surface area contributed by atoms with Crippen molar-refractivity contribution in [1.29, 1.82) is 5.26 Å². The lowest BCUT2D eigenvalue weighted by Gasteiger charge is -2.10. The number of aryl methyl sites for hydroxylation is 1. The number of nitrogens with one attached hydrogen (secondary N) is 2. The number of nitriles is 1. The van der Waals surface area contributed by atoms with E-state index in [1.807, 2.05) is 31.2 Å². The topological polar surface area (TPSA) is 90.7 Å². The van der Waals surface area contributed by atoms with Gasteiger partial charge in [-0.3, -0.25) is 4.79 Å². The lowest BCUT2D eigenvalue weighted by atomic mass is 10.1. The molecule has 1 aromatic heterocycles. The van der Waals surface area contributed by atoms with Gasteiger partial charge in [-0.15, -0.1) is 0 Å². The first kappa shape index (κ1) is 17.1. The average Bonchev–Trinajstić information content (AvgIpc) is 2.62. The second-order valence-corrected chi connectivity index (χ2v) is 5.79. The Kier molecular flexibility index (Phi) is 4.90. The Hall–Kier alpha value is -3.72. The number of Topliss-reactive ketones (excluding diaryl/α,β-unsaturated/α-hetero) is 1. The van der Waals surface area contributed by atoms with Crippen molar-refractivity contribution in [2.75, 3.05) is 10.6 Å². The Bertz CT molecular complexity index is 990. The quantitative estimate of drug-likeness (QED) is 0.669. The highest BCUT2D eigenvalue weighted by molar-refractivity contribution is 5.94. The van der Waals surface area contributed by atoms with E-state index < -0.39 is 0 Å². The van der Waals surface area contributed by atoms with Crippen LogP contribution in [0.25, 0.3) is 0 Å². The lowest BCUT2D eigenvalue weighted by Crippen LogP contribution is -2.02. The summed E-state index contributed by atoms with van der Waals surface area (Å²) in [6.07, 6.45) is 0. The molecule has 6 nitrogen and oxygen atoms in total. The molecule has 1 heterocycles. The number of hydrogen-bond donors (Lipinski definition) is 2. The Labute approximate surface area is 151 Å². The molecule has 0 atom stereocenters. The fourth-order valence-corrected chi connectivity index (χ4v) is 2.42. The number of carbonyl (C=O) groups is 1. The van der Waals surface area contributed by atoms with E-state index in [9.17, 15) is 4.79 Å². The molecule has 0 spiro atoms. The number of carbonyl (C=O) groups excluding carboxylic acids is 1. The van der Waals surface area contributed by atoms with E-state index in [-0.39, 0.29) is 5.78 Å². The molecule has 0 unspecified atom stereocenters. The third-order valence-electron chi connectivity index (χ3n) is 3.67. The monoisotopic (exact) mass is 343 g/mol. The van der Waals surface area contributed by atoms with Crippen LogP contribution in [0, 0.1) is 18.3 Å². The zero-order chi connectivity index (χ0) is 18.5. The molecular weight excluding hydrogens is 326 g/mol. The molecule has 0 amide bonds. The molecule has 6 heteroatoms. The van der Waals surface area contributed by atoms with Gasteiger partial charge < -0.3 is 10.6 Å². The first-order chi connectivity index (χ1) is 12.5. The van der Waals surface area contributed by atoms with Crippen molar-refractivity contribution >= 4 is 28.9 Å². The predicted molar refractivity (Wildman–Crippen MR) is 101 cm³/mol. The fraction of sp³-hybridized carbons (Fsp3) is 0.100. The van der Waals surface area contributed by atoms with Crippen LogP contribution >= 0.6 is 0 Å². The summed E-state index contributed by atoms with van der Waals surface area (Å²) in [5, 5.41) is 15.3. The van der Waals surface area contributed by atoms with Crippen molar-refractivity contribution in [2.45, 2.75) is 13.8 Å². The van der Waals surface area contributed by atoms with Gasteiger partial charge in [-0.25, -0.2) is 4.98 Å². The first-order valence-corrected chi connectivity index (χ1v) is 8.04. The number of nitrogens with zero attached hydrogens (tertiary/aromatic N) is 3. The molecule has 128 valence electrons. The van der Waals surface area contributed by atoms with Crippen LogP contribution in [0.1, 0.15) is 28.5 Å². The summed E-state index contributed by atoms with van der Waals surface area (Å²) in [6.45, 7) is 3.41. The highest BCUT2D eigenvalue weighted by Gasteiger charge is 2.05. The smallest absolute Gasteiger partial charge is 0.229 e. The van der Waals surface area contributed by atoms with Crippen molar-refractivity contribution in [2.24, 2.45) is 0 Å². The van der Waals surface area contributed by atoms with Crippen molar-refractivity contribution in [3.05, 3.63) is 71.4 Å². The second kappa shape index (κ2) is 7.45. The highest BCUT2D eigenvalue weighted by atomic mass is 16.1. The third-order valence-corrected chi connectivity index (χ3v) is 3.67. The molecule has 26 heavy (non-hydrogen) atoms. The van der Waals surface area contributed by atoms with Crippen molar-refractivity contribution in [1.82, 2.24) is 9.97 Å². The summed E-state index contributed by atoms with van der Waals surface area (Å²) in [5.74, 6) is 1.09. The van der Waals surface area contributed by atoms with Gasteiger partial charge in [0, 0.05) is 28.7 Å². The van der Waals surface area contributed by atoms with E-state index >= 15 is 0 Å². The molecule has 3 aromatic rings. The highest BCUT2D eigenvalue weighted by Crippen LogP contribution is 2.20. The molecule has 0 bridgehead atoms.